The van der Waals surface area contributed by atoms with Crippen LogP contribution in [0.1, 0.15) is 35.2 Å². The first kappa shape index (κ1) is 17.0. The van der Waals surface area contributed by atoms with E-state index in [1.807, 2.05) is 24.0 Å². The number of carbonyl (C=O) groups is 3. The van der Waals surface area contributed by atoms with E-state index in [2.05, 4.69) is 10.6 Å². The molecule has 6 nitrogen and oxygen atoms in total. The largest absolute Gasteiger partial charge is 0.355 e. The smallest absolute Gasteiger partial charge is 0.251 e. The molecule has 0 unspecified atom stereocenters. The standard InChI is InChI=1S/C17H23N3O3/c1-13-5-7-14(8-6-13)17(23)19-12-15(21)18-9-3-11-20-10-2-4-16(20)22/h5-8H,2-4,9-12H2,1H3,(H,18,21)(H,19,23). The molecule has 1 heterocycles. The van der Waals surface area contributed by atoms with E-state index in [1.54, 1.807) is 12.1 Å². The van der Waals surface area contributed by atoms with Gasteiger partial charge in [-0.2, -0.15) is 0 Å². The normalized spacial score (nSPS) is 14.0. The third kappa shape index (κ3) is 5.39. The Morgan fingerprint density at radius 1 is 1.17 bits per heavy atom. The summed E-state index contributed by atoms with van der Waals surface area (Å²) >= 11 is 0. The molecule has 0 atom stereocenters. The van der Waals surface area contributed by atoms with Crippen molar-refractivity contribution in [3.05, 3.63) is 35.4 Å². The molecule has 2 N–H and O–H groups in total. The summed E-state index contributed by atoms with van der Waals surface area (Å²) in [5.74, 6) is -0.289. The minimum atomic E-state index is -0.261. The molecule has 0 aliphatic carbocycles. The number of carbonyl (C=O) groups excluding carboxylic acids is 3. The summed E-state index contributed by atoms with van der Waals surface area (Å²) in [6, 6.07) is 7.18. The number of likely N-dealkylation sites (tertiary alicyclic amines) is 1. The number of rotatable bonds is 7. The zero-order chi connectivity index (χ0) is 16.7. The van der Waals surface area contributed by atoms with E-state index >= 15 is 0 Å². The van der Waals surface area contributed by atoms with Crippen molar-refractivity contribution in [1.82, 2.24) is 15.5 Å². The fraction of sp³-hybridized carbons (Fsp3) is 0.471. The van der Waals surface area contributed by atoms with E-state index in [1.165, 1.54) is 0 Å². The van der Waals surface area contributed by atoms with E-state index in [4.69, 9.17) is 0 Å². The molecular weight excluding hydrogens is 294 g/mol. The van der Waals surface area contributed by atoms with Crippen molar-refractivity contribution >= 4 is 17.7 Å². The number of hydrogen-bond donors (Lipinski definition) is 2. The average molecular weight is 317 g/mol. The van der Waals surface area contributed by atoms with Crippen LogP contribution in [0.25, 0.3) is 0 Å². The number of nitrogens with zero attached hydrogens (tertiary/aromatic N) is 1. The van der Waals surface area contributed by atoms with Crippen LogP contribution in [-0.4, -0.2) is 48.8 Å². The van der Waals surface area contributed by atoms with Crippen molar-refractivity contribution in [3.63, 3.8) is 0 Å². The highest BCUT2D eigenvalue weighted by molar-refractivity contribution is 5.96. The summed E-state index contributed by atoms with van der Waals surface area (Å²) in [5, 5.41) is 5.34. The Labute approximate surface area is 136 Å². The second-order valence-corrected chi connectivity index (χ2v) is 5.74. The number of hydrogen-bond acceptors (Lipinski definition) is 3. The van der Waals surface area contributed by atoms with Crippen molar-refractivity contribution in [2.24, 2.45) is 0 Å². The SMILES string of the molecule is Cc1ccc(C(=O)NCC(=O)NCCCN2CCCC2=O)cc1. The zero-order valence-electron chi connectivity index (χ0n) is 13.4. The van der Waals surface area contributed by atoms with Crippen molar-refractivity contribution in [1.29, 1.82) is 0 Å². The molecule has 1 saturated heterocycles. The van der Waals surface area contributed by atoms with Gasteiger partial charge in [0.25, 0.3) is 5.91 Å². The molecule has 1 aliphatic rings. The molecule has 6 heteroatoms. The van der Waals surface area contributed by atoms with E-state index < -0.39 is 0 Å². The maximum Gasteiger partial charge on any atom is 0.251 e. The van der Waals surface area contributed by atoms with Crippen LogP contribution in [0.5, 0.6) is 0 Å². The van der Waals surface area contributed by atoms with Gasteiger partial charge in [0.05, 0.1) is 6.54 Å². The average Bonchev–Trinajstić information content (AvgIpc) is 2.95. The second kappa shape index (κ2) is 8.31. The Balaban J connectivity index is 1.60. The van der Waals surface area contributed by atoms with Gasteiger partial charge in [-0.15, -0.1) is 0 Å². The summed E-state index contributed by atoms with van der Waals surface area (Å²) in [6.07, 6.45) is 2.29. The second-order valence-electron chi connectivity index (χ2n) is 5.74. The molecule has 124 valence electrons. The zero-order valence-corrected chi connectivity index (χ0v) is 13.4. The molecular formula is C17H23N3O3. The van der Waals surface area contributed by atoms with Gasteiger partial charge in [-0.3, -0.25) is 14.4 Å². The summed E-state index contributed by atoms with van der Waals surface area (Å²) in [4.78, 5) is 36.8. The lowest BCUT2D eigenvalue weighted by atomic mass is 10.1. The van der Waals surface area contributed by atoms with Crippen LogP contribution in [0.15, 0.2) is 24.3 Å². The lowest BCUT2D eigenvalue weighted by Gasteiger charge is -2.15. The Hall–Kier alpha value is -2.37. The molecule has 0 radical (unpaired) electrons. The predicted molar refractivity (Wildman–Crippen MR) is 87.0 cm³/mol. The summed E-state index contributed by atoms with van der Waals surface area (Å²) in [5.41, 5.74) is 1.62. The predicted octanol–water partition coefficient (Wildman–Crippen LogP) is 0.854. The number of aryl methyl sites for hydroxylation is 1. The molecule has 1 aromatic rings. The third-order valence-electron chi connectivity index (χ3n) is 3.82. The maximum atomic E-state index is 11.9. The van der Waals surface area contributed by atoms with Gasteiger partial charge in [-0.25, -0.2) is 0 Å². The molecule has 0 spiro atoms. The van der Waals surface area contributed by atoms with Gasteiger partial charge in [0.2, 0.25) is 11.8 Å². The van der Waals surface area contributed by atoms with Crippen LogP contribution in [0.3, 0.4) is 0 Å². The first-order chi connectivity index (χ1) is 11.1. The molecule has 1 aromatic carbocycles. The van der Waals surface area contributed by atoms with Gasteiger partial charge in [0.1, 0.15) is 0 Å². The van der Waals surface area contributed by atoms with Crippen molar-refractivity contribution in [2.75, 3.05) is 26.2 Å². The highest BCUT2D eigenvalue weighted by atomic mass is 16.2. The Kier molecular flexibility index (Phi) is 6.14. The van der Waals surface area contributed by atoms with Crippen molar-refractivity contribution in [3.8, 4) is 0 Å². The Morgan fingerprint density at radius 3 is 2.57 bits per heavy atom. The molecule has 1 fully saturated rings. The molecule has 3 amide bonds. The topological polar surface area (TPSA) is 78.5 Å². The Morgan fingerprint density at radius 2 is 1.91 bits per heavy atom. The molecule has 2 rings (SSSR count). The van der Waals surface area contributed by atoms with Gasteiger partial charge in [-0.05, 0) is 31.9 Å². The van der Waals surface area contributed by atoms with Crippen LogP contribution < -0.4 is 10.6 Å². The molecule has 0 bridgehead atoms. The van der Waals surface area contributed by atoms with E-state index in [-0.39, 0.29) is 24.3 Å². The van der Waals surface area contributed by atoms with Crippen LogP contribution >= 0.6 is 0 Å². The number of amides is 3. The van der Waals surface area contributed by atoms with E-state index in [9.17, 15) is 14.4 Å². The van der Waals surface area contributed by atoms with Gasteiger partial charge in [0, 0.05) is 31.6 Å². The Bertz CT molecular complexity index is 569. The van der Waals surface area contributed by atoms with Gasteiger partial charge in [-0.1, -0.05) is 17.7 Å². The molecule has 0 saturated carbocycles. The van der Waals surface area contributed by atoms with Gasteiger partial charge >= 0.3 is 0 Å². The number of benzene rings is 1. The van der Waals surface area contributed by atoms with E-state index in [0.29, 0.717) is 25.1 Å². The maximum absolute atomic E-state index is 11.9. The first-order valence-electron chi connectivity index (χ1n) is 7.95. The van der Waals surface area contributed by atoms with Gasteiger partial charge < -0.3 is 15.5 Å². The summed E-state index contributed by atoms with van der Waals surface area (Å²) in [7, 11) is 0. The minimum absolute atomic E-state index is 0.0463. The highest BCUT2D eigenvalue weighted by Crippen LogP contribution is 2.09. The minimum Gasteiger partial charge on any atom is -0.355 e. The van der Waals surface area contributed by atoms with Crippen LogP contribution in [0.4, 0.5) is 0 Å². The lowest BCUT2D eigenvalue weighted by Crippen LogP contribution is -2.38. The first-order valence-corrected chi connectivity index (χ1v) is 7.95. The fourth-order valence-corrected chi connectivity index (χ4v) is 2.47. The quantitative estimate of drug-likeness (QED) is 0.732. The van der Waals surface area contributed by atoms with Crippen LogP contribution in [0, 0.1) is 6.92 Å². The fourth-order valence-electron chi connectivity index (χ4n) is 2.47. The van der Waals surface area contributed by atoms with Crippen molar-refractivity contribution in [2.45, 2.75) is 26.2 Å². The molecule has 23 heavy (non-hydrogen) atoms. The van der Waals surface area contributed by atoms with Crippen LogP contribution in [-0.2, 0) is 9.59 Å². The third-order valence-corrected chi connectivity index (χ3v) is 3.82. The van der Waals surface area contributed by atoms with Gasteiger partial charge in [0.15, 0.2) is 0 Å². The number of nitrogens with one attached hydrogen (secondary N) is 2. The lowest BCUT2D eigenvalue weighted by molar-refractivity contribution is -0.127. The van der Waals surface area contributed by atoms with Crippen molar-refractivity contribution < 1.29 is 14.4 Å². The monoisotopic (exact) mass is 317 g/mol. The highest BCUT2D eigenvalue weighted by Gasteiger charge is 2.19. The van der Waals surface area contributed by atoms with Crippen LogP contribution in [0.2, 0.25) is 0 Å². The summed E-state index contributed by atoms with van der Waals surface area (Å²) in [6.45, 7) is 3.90. The van der Waals surface area contributed by atoms with E-state index in [0.717, 1.165) is 24.9 Å². The summed E-state index contributed by atoms with van der Waals surface area (Å²) < 4.78 is 0. The molecule has 1 aliphatic heterocycles. The molecule has 0 aromatic heterocycles.